The first-order chi connectivity index (χ1) is 12.0. The van der Waals surface area contributed by atoms with Crippen LogP contribution in [-0.4, -0.2) is 54.9 Å². The summed E-state index contributed by atoms with van der Waals surface area (Å²) >= 11 is 0. The van der Waals surface area contributed by atoms with E-state index < -0.39 is 5.41 Å². The van der Waals surface area contributed by atoms with Crippen molar-refractivity contribution in [2.24, 2.45) is 5.41 Å². The fourth-order valence-electron chi connectivity index (χ4n) is 3.17. The van der Waals surface area contributed by atoms with Gasteiger partial charge in [-0.2, -0.15) is 0 Å². The number of hydrogen-bond donors (Lipinski definition) is 2. The molecular weight excluding hydrogens is 322 g/mol. The minimum absolute atomic E-state index is 0.0111. The molecule has 3 amide bonds. The van der Waals surface area contributed by atoms with E-state index in [0.29, 0.717) is 32.7 Å². The van der Waals surface area contributed by atoms with Crippen LogP contribution in [-0.2, 0) is 14.4 Å². The Bertz CT molecular complexity index is 664. The van der Waals surface area contributed by atoms with Gasteiger partial charge < -0.3 is 20.3 Å². The van der Waals surface area contributed by atoms with Crippen LogP contribution < -0.4 is 15.4 Å². The van der Waals surface area contributed by atoms with Crippen LogP contribution in [0.25, 0.3) is 0 Å². The summed E-state index contributed by atoms with van der Waals surface area (Å²) in [7, 11) is 0. The summed E-state index contributed by atoms with van der Waals surface area (Å²) in [4.78, 5) is 38.1. The smallest absolute Gasteiger partial charge is 0.235 e. The van der Waals surface area contributed by atoms with Gasteiger partial charge in [-0.05, 0) is 25.5 Å². The highest BCUT2D eigenvalue weighted by molar-refractivity contribution is 6.06. The Balaban J connectivity index is 1.47. The maximum atomic E-state index is 12.4. The molecule has 2 unspecified atom stereocenters. The number of benzene rings is 1. The van der Waals surface area contributed by atoms with E-state index in [9.17, 15) is 14.4 Å². The largest absolute Gasteiger partial charge is 0.492 e. The zero-order chi connectivity index (χ0) is 17.9. The summed E-state index contributed by atoms with van der Waals surface area (Å²) in [6, 6.07) is 9.16. The van der Waals surface area contributed by atoms with Crippen LogP contribution in [0.4, 0.5) is 0 Å². The molecule has 2 aliphatic rings. The van der Waals surface area contributed by atoms with Gasteiger partial charge in [0.2, 0.25) is 17.7 Å². The van der Waals surface area contributed by atoms with Gasteiger partial charge in [-0.15, -0.1) is 0 Å². The van der Waals surface area contributed by atoms with Gasteiger partial charge in [0.1, 0.15) is 17.8 Å². The van der Waals surface area contributed by atoms with Crippen molar-refractivity contribution in [2.75, 3.05) is 26.2 Å². The van der Waals surface area contributed by atoms with Crippen LogP contribution in [0, 0.1) is 5.41 Å². The Hall–Kier alpha value is -2.57. The highest BCUT2D eigenvalue weighted by Gasteiger charge is 2.46. The second kappa shape index (κ2) is 7.13. The van der Waals surface area contributed by atoms with Crippen LogP contribution >= 0.6 is 0 Å². The van der Waals surface area contributed by atoms with Gasteiger partial charge in [-0.1, -0.05) is 18.2 Å². The summed E-state index contributed by atoms with van der Waals surface area (Å²) in [6.45, 7) is 3.47. The number of likely N-dealkylation sites (tertiary alicyclic amines) is 1. The standard InChI is InChI=1S/C18H23N3O4/c1-18(7-8-19-16(18)23)17(24)20-13-11-15(22)21(12-13)9-10-25-14-5-3-2-4-6-14/h2-6,13H,7-12H2,1H3,(H,19,23)(H,20,24). The van der Waals surface area contributed by atoms with E-state index in [4.69, 9.17) is 4.74 Å². The van der Waals surface area contributed by atoms with Crippen LogP contribution in [0.2, 0.25) is 0 Å². The molecule has 2 fully saturated rings. The molecule has 2 aliphatic heterocycles. The molecule has 0 aliphatic carbocycles. The first kappa shape index (κ1) is 17.3. The van der Waals surface area contributed by atoms with Crippen molar-refractivity contribution in [3.63, 3.8) is 0 Å². The lowest BCUT2D eigenvalue weighted by Gasteiger charge is -2.22. The van der Waals surface area contributed by atoms with E-state index in [-0.39, 0.29) is 30.2 Å². The molecule has 3 rings (SSSR count). The number of ether oxygens (including phenoxy) is 1. The molecule has 0 saturated carbocycles. The molecule has 2 saturated heterocycles. The highest BCUT2D eigenvalue weighted by Crippen LogP contribution is 2.26. The van der Waals surface area contributed by atoms with E-state index in [0.717, 1.165) is 5.75 Å². The second-order valence-corrected chi connectivity index (χ2v) is 6.71. The van der Waals surface area contributed by atoms with E-state index in [1.165, 1.54) is 0 Å². The molecule has 1 aromatic rings. The van der Waals surface area contributed by atoms with Gasteiger partial charge in [0.05, 0.1) is 12.6 Å². The number of para-hydroxylation sites is 1. The van der Waals surface area contributed by atoms with Crippen molar-refractivity contribution in [2.45, 2.75) is 25.8 Å². The number of carbonyl (C=O) groups is 3. The molecule has 1 aromatic carbocycles. The first-order valence-corrected chi connectivity index (χ1v) is 8.54. The molecule has 0 radical (unpaired) electrons. The lowest BCUT2D eigenvalue weighted by molar-refractivity contribution is -0.140. The van der Waals surface area contributed by atoms with Gasteiger partial charge in [-0.3, -0.25) is 14.4 Å². The second-order valence-electron chi connectivity index (χ2n) is 6.71. The summed E-state index contributed by atoms with van der Waals surface area (Å²) in [5, 5.41) is 5.54. The van der Waals surface area contributed by atoms with Crippen LogP contribution in [0.1, 0.15) is 19.8 Å². The maximum Gasteiger partial charge on any atom is 0.235 e. The van der Waals surface area contributed by atoms with Gasteiger partial charge >= 0.3 is 0 Å². The van der Waals surface area contributed by atoms with Crippen molar-refractivity contribution in [1.29, 1.82) is 0 Å². The molecule has 7 nitrogen and oxygen atoms in total. The Morgan fingerprint density at radius 2 is 2.12 bits per heavy atom. The zero-order valence-corrected chi connectivity index (χ0v) is 14.3. The topological polar surface area (TPSA) is 87.7 Å². The Kier molecular flexibility index (Phi) is 4.92. The fourth-order valence-corrected chi connectivity index (χ4v) is 3.17. The zero-order valence-electron chi connectivity index (χ0n) is 14.3. The van der Waals surface area contributed by atoms with Crippen molar-refractivity contribution in [3.05, 3.63) is 30.3 Å². The van der Waals surface area contributed by atoms with Crippen LogP contribution in [0.5, 0.6) is 5.75 Å². The molecule has 7 heteroatoms. The normalized spacial score (nSPS) is 25.8. The minimum atomic E-state index is -1.03. The van der Waals surface area contributed by atoms with Crippen molar-refractivity contribution >= 4 is 17.7 Å². The van der Waals surface area contributed by atoms with E-state index in [1.807, 2.05) is 30.3 Å². The number of amides is 3. The number of hydrogen-bond acceptors (Lipinski definition) is 4. The SMILES string of the molecule is CC1(C(=O)NC2CC(=O)N(CCOc3ccccc3)C2)CCNC1=O. The number of carbonyl (C=O) groups excluding carboxylic acids is 3. The Labute approximate surface area is 146 Å². The van der Waals surface area contributed by atoms with E-state index in [1.54, 1.807) is 11.8 Å². The molecular formula is C18H23N3O4. The summed E-state index contributed by atoms with van der Waals surface area (Å²) in [5.41, 5.74) is -1.03. The minimum Gasteiger partial charge on any atom is -0.492 e. The quantitative estimate of drug-likeness (QED) is 0.727. The molecule has 134 valence electrons. The third-order valence-electron chi connectivity index (χ3n) is 4.84. The van der Waals surface area contributed by atoms with Crippen molar-refractivity contribution in [3.8, 4) is 5.75 Å². The number of rotatable bonds is 6. The Morgan fingerprint density at radius 3 is 2.80 bits per heavy atom. The highest BCUT2D eigenvalue weighted by atomic mass is 16.5. The summed E-state index contributed by atoms with van der Waals surface area (Å²) < 4.78 is 5.61. The van der Waals surface area contributed by atoms with E-state index in [2.05, 4.69) is 10.6 Å². The molecule has 0 spiro atoms. The van der Waals surface area contributed by atoms with Gasteiger partial charge in [0.15, 0.2) is 0 Å². The van der Waals surface area contributed by atoms with Crippen LogP contribution in [0.3, 0.4) is 0 Å². The van der Waals surface area contributed by atoms with Gasteiger partial charge in [0.25, 0.3) is 0 Å². The monoisotopic (exact) mass is 345 g/mol. The predicted octanol–water partition coefficient (Wildman–Crippen LogP) is 0.309. The maximum absolute atomic E-state index is 12.4. The predicted molar refractivity (Wildman–Crippen MR) is 90.8 cm³/mol. The summed E-state index contributed by atoms with van der Waals surface area (Å²) in [5.74, 6) is 0.201. The summed E-state index contributed by atoms with van der Waals surface area (Å²) in [6.07, 6.45) is 0.738. The first-order valence-electron chi connectivity index (χ1n) is 8.54. The average molecular weight is 345 g/mol. The van der Waals surface area contributed by atoms with Gasteiger partial charge in [0, 0.05) is 19.5 Å². The Morgan fingerprint density at radius 1 is 1.36 bits per heavy atom. The third-order valence-corrected chi connectivity index (χ3v) is 4.84. The molecule has 0 aromatic heterocycles. The van der Waals surface area contributed by atoms with Crippen LogP contribution in [0.15, 0.2) is 30.3 Å². The number of nitrogens with one attached hydrogen (secondary N) is 2. The van der Waals surface area contributed by atoms with E-state index >= 15 is 0 Å². The number of nitrogens with zero attached hydrogens (tertiary/aromatic N) is 1. The lowest BCUT2D eigenvalue weighted by Crippen LogP contribution is -2.48. The molecule has 2 heterocycles. The van der Waals surface area contributed by atoms with Gasteiger partial charge in [-0.25, -0.2) is 0 Å². The average Bonchev–Trinajstić information content (AvgIpc) is 3.12. The van der Waals surface area contributed by atoms with Crippen molar-refractivity contribution in [1.82, 2.24) is 15.5 Å². The molecule has 2 atom stereocenters. The lowest BCUT2D eigenvalue weighted by atomic mass is 9.87. The molecule has 2 N–H and O–H groups in total. The third kappa shape index (κ3) is 3.75. The molecule has 25 heavy (non-hydrogen) atoms. The fraction of sp³-hybridized carbons (Fsp3) is 0.500. The van der Waals surface area contributed by atoms with Crippen molar-refractivity contribution < 1.29 is 19.1 Å². The molecule has 0 bridgehead atoms.